The van der Waals surface area contributed by atoms with Crippen LogP contribution in [0.25, 0.3) is 0 Å². The van der Waals surface area contributed by atoms with Crippen LogP contribution in [0, 0.1) is 17.2 Å². The smallest absolute Gasteiger partial charge is 0.0845 e. The van der Waals surface area contributed by atoms with E-state index >= 15 is 0 Å². The van der Waals surface area contributed by atoms with E-state index in [4.69, 9.17) is 5.26 Å². The van der Waals surface area contributed by atoms with Gasteiger partial charge in [-0.15, -0.1) is 0 Å². The standard InChI is InChI=1S/C10H18N2/c1-9-3-5-10(2,6-4-9)12-8-7-11/h9,12H,3-6,8H2,1-2H3. The molecule has 0 spiro atoms. The first-order valence-electron chi connectivity index (χ1n) is 4.78. The molecule has 0 radical (unpaired) electrons. The van der Waals surface area contributed by atoms with Crippen LogP contribution in [-0.2, 0) is 0 Å². The minimum atomic E-state index is 0.238. The highest BCUT2D eigenvalue weighted by molar-refractivity contribution is 4.91. The van der Waals surface area contributed by atoms with Crippen LogP contribution in [0.5, 0.6) is 0 Å². The summed E-state index contributed by atoms with van der Waals surface area (Å²) in [5, 5.41) is 11.8. The third kappa shape index (κ3) is 2.49. The summed E-state index contributed by atoms with van der Waals surface area (Å²) >= 11 is 0. The van der Waals surface area contributed by atoms with Gasteiger partial charge in [0.05, 0.1) is 12.6 Å². The minimum absolute atomic E-state index is 0.238. The molecule has 0 aromatic carbocycles. The van der Waals surface area contributed by atoms with Crippen molar-refractivity contribution < 1.29 is 0 Å². The maximum atomic E-state index is 8.45. The predicted octanol–water partition coefficient (Wildman–Crippen LogP) is 2.07. The molecule has 0 unspecified atom stereocenters. The summed E-state index contributed by atoms with van der Waals surface area (Å²) in [7, 11) is 0. The Morgan fingerprint density at radius 2 is 2.08 bits per heavy atom. The predicted molar refractivity (Wildman–Crippen MR) is 49.7 cm³/mol. The van der Waals surface area contributed by atoms with Crippen LogP contribution in [-0.4, -0.2) is 12.1 Å². The second-order valence-corrected chi connectivity index (χ2v) is 4.25. The summed E-state index contributed by atoms with van der Waals surface area (Å²) in [5.41, 5.74) is 0.238. The molecular weight excluding hydrogens is 148 g/mol. The molecule has 1 saturated carbocycles. The van der Waals surface area contributed by atoms with Gasteiger partial charge < -0.3 is 0 Å². The molecule has 0 bridgehead atoms. The second kappa shape index (κ2) is 3.91. The van der Waals surface area contributed by atoms with Crippen LogP contribution in [0.3, 0.4) is 0 Å². The van der Waals surface area contributed by atoms with Crippen LogP contribution in [0.4, 0.5) is 0 Å². The molecule has 1 aliphatic rings. The summed E-state index contributed by atoms with van der Waals surface area (Å²) < 4.78 is 0. The van der Waals surface area contributed by atoms with Gasteiger partial charge in [0.1, 0.15) is 0 Å². The quantitative estimate of drug-likeness (QED) is 0.637. The Hall–Kier alpha value is -0.550. The Morgan fingerprint density at radius 3 is 2.58 bits per heavy atom. The Kier molecular flexibility index (Phi) is 3.11. The largest absolute Gasteiger partial charge is 0.299 e. The van der Waals surface area contributed by atoms with Crippen molar-refractivity contribution in [2.24, 2.45) is 5.92 Å². The molecule has 1 fully saturated rings. The topological polar surface area (TPSA) is 35.8 Å². The van der Waals surface area contributed by atoms with Gasteiger partial charge >= 0.3 is 0 Å². The van der Waals surface area contributed by atoms with E-state index in [1.807, 2.05) is 0 Å². The molecule has 1 N–H and O–H groups in total. The lowest BCUT2D eigenvalue weighted by Crippen LogP contribution is -2.45. The van der Waals surface area contributed by atoms with Crippen molar-refractivity contribution in [3.05, 3.63) is 0 Å². The summed E-state index contributed by atoms with van der Waals surface area (Å²) in [4.78, 5) is 0. The highest BCUT2D eigenvalue weighted by Crippen LogP contribution is 2.31. The highest BCUT2D eigenvalue weighted by Gasteiger charge is 2.28. The van der Waals surface area contributed by atoms with Crippen molar-refractivity contribution in [3.8, 4) is 6.07 Å². The number of hydrogen-bond donors (Lipinski definition) is 1. The molecular formula is C10H18N2. The van der Waals surface area contributed by atoms with Gasteiger partial charge in [0.2, 0.25) is 0 Å². The van der Waals surface area contributed by atoms with E-state index in [2.05, 4.69) is 25.2 Å². The monoisotopic (exact) mass is 166 g/mol. The van der Waals surface area contributed by atoms with E-state index in [1.54, 1.807) is 0 Å². The Bertz CT molecular complexity index is 173. The summed E-state index contributed by atoms with van der Waals surface area (Å²) in [6, 6.07) is 2.14. The van der Waals surface area contributed by atoms with E-state index in [1.165, 1.54) is 25.7 Å². The van der Waals surface area contributed by atoms with Gasteiger partial charge in [-0.25, -0.2) is 0 Å². The van der Waals surface area contributed by atoms with Gasteiger partial charge in [0, 0.05) is 5.54 Å². The second-order valence-electron chi connectivity index (χ2n) is 4.25. The van der Waals surface area contributed by atoms with Crippen LogP contribution in [0.2, 0.25) is 0 Å². The molecule has 1 rings (SSSR count). The zero-order valence-corrected chi connectivity index (χ0v) is 8.06. The minimum Gasteiger partial charge on any atom is -0.299 e. The van der Waals surface area contributed by atoms with Crippen molar-refractivity contribution in [2.75, 3.05) is 6.54 Å². The summed E-state index contributed by atoms with van der Waals surface area (Å²) in [6.07, 6.45) is 5.04. The van der Waals surface area contributed by atoms with Crippen molar-refractivity contribution in [2.45, 2.75) is 45.1 Å². The van der Waals surface area contributed by atoms with Crippen molar-refractivity contribution in [3.63, 3.8) is 0 Å². The zero-order valence-electron chi connectivity index (χ0n) is 8.06. The van der Waals surface area contributed by atoms with Gasteiger partial charge in [0.25, 0.3) is 0 Å². The molecule has 0 aromatic rings. The lowest BCUT2D eigenvalue weighted by molar-refractivity contribution is 0.221. The number of nitriles is 1. The summed E-state index contributed by atoms with van der Waals surface area (Å²) in [6.45, 7) is 5.03. The molecule has 0 saturated heterocycles. The summed E-state index contributed by atoms with van der Waals surface area (Å²) in [5.74, 6) is 0.877. The normalized spacial score (nSPS) is 35.9. The van der Waals surface area contributed by atoms with Crippen LogP contribution >= 0.6 is 0 Å². The van der Waals surface area contributed by atoms with Gasteiger partial charge in [-0.3, -0.25) is 5.32 Å². The van der Waals surface area contributed by atoms with E-state index in [9.17, 15) is 0 Å². The average molecular weight is 166 g/mol. The SMILES string of the molecule is CC1CCC(C)(NCC#N)CC1. The highest BCUT2D eigenvalue weighted by atomic mass is 15.0. The average Bonchev–Trinajstić information content (AvgIpc) is 2.08. The lowest BCUT2D eigenvalue weighted by Gasteiger charge is -2.36. The molecule has 2 heteroatoms. The first-order valence-corrected chi connectivity index (χ1v) is 4.78. The number of hydrogen-bond acceptors (Lipinski definition) is 2. The first-order chi connectivity index (χ1) is 5.66. The molecule has 0 heterocycles. The maximum absolute atomic E-state index is 8.45. The fourth-order valence-electron chi connectivity index (χ4n) is 1.83. The van der Waals surface area contributed by atoms with Crippen LogP contribution < -0.4 is 5.32 Å². The van der Waals surface area contributed by atoms with Crippen molar-refractivity contribution in [1.29, 1.82) is 5.26 Å². The van der Waals surface area contributed by atoms with E-state index in [0.29, 0.717) is 6.54 Å². The maximum Gasteiger partial charge on any atom is 0.0845 e. The zero-order chi connectivity index (χ0) is 9.03. The van der Waals surface area contributed by atoms with E-state index in [-0.39, 0.29) is 5.54 Å². The third-order valence-electron chi connectivity index (χ3n) is 2.97. The molecule has 0 amide bonds. The number of nitrogens with zero attached hydrogens (tertiary/aromatic N) is 1. The molecule has 12 heavy (non-hydrogen) atoms. The van der Waals surface area contributed by atoms with Crippen LogP contribution in [0.15, 0.2) is 0 Å². The van der Waals surface area contributed by atoms with E-state index < -0.39 is 0 Å². The molecule has 1 aliphatic carbocycles. The molecule has 0 aliphatic heterocycles. The Balaban J connectivity index is 2.35. The van der Waals surface area contributed by atoms with Crippen molar-refractivity contribution >= 4 is 0 Å². The fraction of sp³-hybridized carbons (Fsp3) is 0.900. The molecule has 2 nitrogen and oxygen atoms in total. The third-order valence-corrected chi connectivity index (χ3v) is 2.97. The number of rotatable bonds is 2. The first kappa shape index (κ1) is 9.54. The number of nitrogens with one attached hydrogen (secondary N) is 1. The molecule has 68 valence electrons. The van der Waals surface area contributed by atoms with E-state index in [0.717, 1.165) is 5.92 Å². The van der Waals surface area contributed by atoms with Gasteiger partial charge in [-0.2, -0.15) is 5.26 Å². The van der Waals surface area contributed by atoms with Gasteiger partial charge in [0.15, 0.2) is 0 Å². The van der Waals surface area contributed by atoms with Crippen molar-refractivity contribution in [1.82, 2.24) is 5.32 Å². The molecule has 0 aromatic heterocycles. The van der Waals surface area contributed by atoms with Gasteiger partial charge in [-0.05, 0) is 38.5 Å². The molecule has 0 atom stereocenters. The lowest BCUT2D eigenvalue weighted by atomic mass is 9.78. The Morgan fingerprint density at radius 1 is 1.50 bits per heavy atom. The van der Waals surface area contributed by atoms with Gasteiger partial charge in [-0.1, -0.05) is 6.92 Å². The Labute approximate surface area is 75.0 Å². The fourth-order valence-corrected chi connectivity index (χ4v) is 1.83. The van der Waals surface area contributed by atoms with Crippen LogP contribution in [0.1, 0.15) is 39.5 Å².